The average molecular weight is 260 g/mol. The van der Waals surface area contributed by atoms with Crippen molar-refractivity contribution >= 4 is 11.6 Å². The zero-order valence-corrected chi connectivity index (χ0v) is 10.9. The molecular formula is C15H16O4. The number of hydrogen-bond donors (Lipinski definition) is 1. The predicted molar refractivity (Wildman–Crippen MR) is 70.2 cm³/mol. The van der Waals surface area contributed by atoms with Gasteiger partial charge in [0.15, 0.2) is 17.3 Å². The first-order chi connectivity index (χ1) is 9.02. The Balaban J connectivity index is 2.32. The maximum atomic E-state index is 11.9. The molecule has 0 spiro atoms. The van der Waals surface area contributed by atoms with Gasteiger partial charge in [-0.25, -0.2) is 0 Å². The topological polar surface area (TPSA) is 63.6 Å². The summed E-state index contributed by atoms with van der Waals surface area (Å²) in [5, 5.41) is 9.46. The van der Waals surface area contributed by atoms with Gasteiger partial charge in [-0.05, 0) is 17.7 Å². The Hall–Kier alpha value is -2.10. The van der Waals surface area contributed by atoms with Crippen LogP contribution in [0, 0.1) is 5.92 Å². The smallest absolute Gasteiger partial charge is 0.197 e. The number of allylic oxidation sites excluding steroid dienone is 2. The van der Waals surface area contributed by atoms with E-state index in [0.29, 0.717) is 0 Å². The fraction of sp³-hybridized carbons (Fsp3) is 0.333. The summed E-state index contributed by atoms with van der Waals surface area (Å²) in [6.07, 6.45) is 1.18. The van der Waals surface area contributed by atoms with E-state index in [0.717, 1.165) is 17.4 Å². The van der Waals surface area contributed by atoms with Gasteiger partial charge in [0.05, 0.1) is 7.11 Å². The van der Waals surface area contributed by atoms with Crippen LogP contribution in [0.4, 0.5) is 0 Å². The minimum atomic E-state index is -0.437. The predicted octanol–water partition coefficient (Wildman–Crippen LogP) is 2.40. The van der Waals surface area contributed by atoms with Crippen molar-refractivity contribution < 1.29 is 19.4 Å². The molecule has 2 unspecified atom stereocenters. The zero-order valence-electron chi connectivity index (χ0n) is 10.9. The quantitative estimate of drug-likeness (QED) is 0.886. The highest BCUT2D eigenvalue weighted by Gasteiger charge is 2.31. The van der Waals surface area contributed by atoms with E-state index >= 15 is 0 Å². The molecule has 0 heterocycles. The molecule has 0 radical (unpaired) electrons. The van der Waals surface area contributed by atoms with E-state index in [-0.39, 0.29) is 24.0 Å². The van der Waals surface area contributed by atoms with Crippen LogP contribution in [-0.2, 0) is 9.59 Å². The summed E-state index contributed by atoms with van der Waals surface area (Å²) in [7, 11) is 1.58. The number of ketones is 2. The number of aliphatic hydroxyl groups excluding tert-OH is 1. The lowest BCUT2D eigenvalue weighted by Gasteiger charge is -2.20. The molecule has 1 aromatic carbocycles. The third-order valence-corrected chi connectivity index (χ3v) is 3.57. The third-order valence-electron chi connectivity index (χ3n) is 3.57. The largest absolute Gasteiger partial charge is 0.504 e. The van der Waals surface area contributed by atoms with Crippen molar-refractivity contribution in [3.63, 3.8) is 0 Å². The molecule has 0 saturated heterocycles. The summed E-state index contributed by atoms with van der Waals surface area (Å²) in [5.74, 6) is -0.868. The number of Topliss-reactive ketones (excluding diaryl/α,β-unsaturated/α-hetero) is 1. The molecule has 0 saturated carbocycles. The summed E-state index contributed by atoms with van der Waals surface area (Å²) in [6, 6.07) is 7.30. The third kappa shape index (κ3) is 2.67. The fourth-order valence-corrected chi connectivity index (χ4v) is 2.28. The van der Waals surface area contributed by atoms with E-state index in [1.807, 2.05) is 12.1 Å². The van der Waals surface area contributed by atoms with Crippen LogP contribution in [-0.4, -0.2) is 23.8 Å². The maximum absolute atomic E-state index is 11.9. The van der Waals surface area contributed by atoms with Gasteiger partial charge in [0.2, 0.25) is 0 Å². The van der Waals surface area contributed by atoms with Crippen LogP contribution >= 0.6 is 0 Å². The SMILES string of the molecule is COc1ccc(C2CC(=O)C(O)=CC(=O)C2C)cc1. The molecule has 2 atom stereocenters. The Bertz CT molecular complexity index is 528. The number of carbonyl (C=O) groups excluding carboxylic acids is 2. The lowest BCUT2D eigenvalue weighted by atomic mass is 9.83. The number of benzene rings is 1. The molecule has 1 N–H and O–H groups in total. The second kappa shape index (κ2) is 5.26. The lowest BCUT2D eigenvalue weighted by molar-refractivity contribution is -0.118. The van der Waals surface area contributed by atoms with Gasteiger partial charge >= 0.3 is 0 Å². The minimum absolute atomic E-state index is 0.140. The van der Waals surface area contributed by atoms with Gasteiger partial charge in [0.1, 0.15) is 5.75 Å². The van der Waals surface area contributed by atoms with Gasteiger partial charge in [0.25, 0.3) is 0 Å². The van der Waals surface area contributed by atoms with E-state index in [9.17, 15) is 14.7 Å². The zero-order chi connectivity index (χ0) is 14.0. The lowest BCUT2D eigenvalue weighted by Crippen LogP contribution is -2.17. The molecule has 4 nitrogen and oxygen atoms in total. The van der Waals surface area contributed by atoms with E-state index in [4.69, 9.17) is 4.74 Å². The number of methoxy groups -OCH3 is 1. The van der Waals surface area contributed by atoms with E-state index in [1.165, 1.54) is 0 Å². The van der Waals surface area contributed by atoms with E-state index in [1.54, 1.807) is 26.2 Å². The minimum Gasteiger partial charge on any atom is -0.504 e. The second-order valence-corrected chi connectivity index (χ2v) is 4.73. The van der Waals surface area contributed by atoms with Crippen LogP contribution < -0.4 is 4.74 Å². The molecule has 100 valence electrons. The first kappa shape index (κ1) is 13.3. The Kier molecular flexibility index (Phi) is 3.69. The van der Waals surface area contributed by atoms with Gasteiger partial charge in [0, 0.05) is 24.3 Å². The number of ether oxygens (including phenoxy) is 1. The molecule has 0 aliphatic heterocycles. The van der Waals surface area contributed by atoms with Gasteiger partial charge < -0.3 is 9.84 Å². The van der Waals surface area contributed by atoms with Crippen LogP contribution in [0.15, 0.2) is 36.1 Å². The van der Waals surface area contributed by atoms with Crippen molar-refractivity contribution in [2.75, 3.05) is 7.11 Å². The van der Waals surface area contributed by atoms with Crippen LogP contribution in [0.1, 0.15) is 24.8 Å². The summed E-state index contributed by atoms with van der Waals surface area (Å²) in [5.41, 5.74) is 0.901. The molecule has 1 aliphatic rings. The van der Waals surface area contributed by atoms with Crippen LogP contribution in [0.3, 0.4) is 0 Å². The van der Waals surface area contributed by atoms with Crippen molar-refractivity contribution in [3.8, 4) is 5.75 Å². The molecule has 0 fully saturated rings. The highest BCUT2D eigenvalue weighted by atomic mass is 16.5. The Morgan fingerprint density at radius 2 is 1.84 bits per heavy atom. The van der Waals surface area contributed by atoms with Crippen molar-refractivity contribution in [1.82, 2.24) is 0 Å². The van der Waals surface area contributed by atoms with Crippen molar-refractivity contribution in [3.05, 3.63) is 41.7 Å². The van der Waals surface area contributed by atoms with Gasteiger partial charge in [-0.15, -0.1) is 0 Å². The number of hydrogen-bond acceptors (Lipinski definition) is 4. The van der Waals surface area contributed by atoms with Crippen LogP contribution in [0.25, 0.3) is 0 Å². The van der Waals surface area contributed by atoms with Gasteiger partial charge in [-0.2, -0.15) is 0 Å². The summed E-state index contributed by atoms with van der Waals surface area (Å²) in [6.45, 7) is 1.78. The highest BCUT2D eigenvalue weighted by molar-refractivity contribution is 6.04. The fourth-order valence-electron chi connectivity index (χ4n) is 2.28. The molecule has 1 aliphatic carbocycles. The summed E-state index contributed by atoms with van der Waals surface area (Å²) < 4.78 is 5.08. The highest BCUT2D eigenvalue weighted by Crippen LogP contribution is 2.33. The molecule has 0 amide bonds. The van der Waals surface area contributed by atoms with Crippen LogP contribution in [0.5, 0.6) is 5.75 Å². The number of aliphatic hydroxyl groups is 1. The van der Waals surface area contributed by atoms with Crippen molar-refractivity contribution in [2.45, 2.75) is 19.3 Å². The Morgan fingerprint density at radius 1 is 1.21 bits per heavy atom. The molecule has 1 aromatic rings. The van der Waals surface area contributed by atoms with Gasteiger partial charge in [-0.3, -0.25) is 9.59 Å². The Morgan fingerprint density at radius 3 is 2.42 bits per heavy atom. The first-order valence-corrected chi connectivity index (χ1v) is 6.14. The van der Waals surface area contributed by atoms with Crippen molar-refractivity contribution in [2.24, 2.45) is 5.92 Å². The molecule has 2 rings (SSSR count). The summed E-state index contributed by atoms with van der Waals surface area (Å²) in [4.78, 5) is 23.6. The normalized spacial score (nSPS) is 23.8. The molecule has 0 bridgehead atoms. The van der Waals surface area contributed by atoms with Gasteiger partial charge in [-0.1, -0.05) is 19.1 Å². The number of carbonyl (C=O) groups is 2. The van der Waals surface area contributed by atoms with Crippen molar-refractivity contribution in [1.29, 1.82) is 0 Å². The molecular weight excluding hydrogens is 244 g/mol. The average Bonchev–Trinajstić information content (AvgIpc) is 2.51. The first-order valence-electron chi connectivity index (χ1n) is 6.14. The standard InChI is InChI=1S/C15H16O4/c1-9-12(7-14(17)15(18)8-13(9)16)10-3-5-11(19-2)6-4-10/h3-6,8-9,12,18H,7H2,1-2H3. The van der Waals surface area contributed by atoms with E-state index in [2.05, 4.69) is 0 Å². The van der Waals surface area contributed by atoms with Crippen LogP contribution in [0.2, 0.25) is 0 Å². The second-order valence-electron chi connectivity index (χ2n) is 4.73. The van der Waals surface area contributed by atoms with E-state index < -0.39 is 11.5 Å². The molecule has 4 heteroatoms. The molecule has 0 aromatic heterocycles. The maximum Gasteiger partial charge on any atom is 0.197 e. The molecule has 19 heavy (non-hydrogen) atoms. The number of rotatable bonds is 2. The Labute approximate surface area is 111 Å². The monoisotopic (exact) mass is 260 g/mol. The summed E-state index contributed by atoms with van der Waals surface area (Å²) >= 11 is 0.